The highest BCUT2D eigenvalue weighted by Gasteiger charge is 2.09. The third-order valence-electron chi connectivity index (χ3n) is 3.43. The molecule has 134 valence electrons. The van der Waals surface area contributed by atoms with Crippen molar-refractivity contribution in [2.45, 2.75) is 24.2 Å². The predicted octanol–water partition coefficient (Wildman–Crippen LogP) is 2.17. The summed E-state index contributed by atoms with van der Waals surface area (Å²) in [5.74, 6) is 0.667. The molecule has 0 bridgehead atoms. The van der Waals surface area contributed by atoms with Crippen molar-refractivity contribution >= 4 is 27.7 Å². The van der Waals surface area contributed by atoms with Crippen LogP contribution in [0.1, 0.15) is 28.4 Å². The minimum absolute atomic E-state index is 0.0645. The van der Waals surface area contributed by atoms with Crippen LogP contribution in [0.3, 0.4) is 0 Å². The van der Waals surface area contributed by atoms with Gasteiger partial charge in [-0.15, -0.1) is 11.8 Å². The molecular weight excluding hydrogens is 358 g/mol. The van der Waals surface area contributed by atoms with Gasteiger partial charge in [0.15, 0.2) is 0 Å². The maximum Gasteiger partial charge on any atom is 0.251 e. The molecule has 0 saturated heterocycles. The first kappa shape index (κ1) is 19.4. The summed E-state index contributed by atoms with van der Waals surface area (Å²) in [5.41, 5.74) is 2.17. The Bertz CT molecular complexity index is 821. The molecule has 1 aromatic heterocycles. The van der Waals surface area contributed by atoms with Gasteiger partial charge in [-0.05, 0) is 36.1 Å². The SMILES string of the molecule is CCSc1cc(C(=O)NCc2ccc(CS(=O)(=O)NC)cc2)ccn1. The van der Waals surface area contributed by atoms with Gasteiger partial charge in [0.05, 0.1) is 10.8 Å². The van der Waals surface area contributed by atoms with Crippen LogP contribution in [-0.4, -0.2) is 32.1 Å². The van der Waals surface area contributed by atoms with E-state index in [1.807, 2.05) is 19.1 Å². The average Bonchev–Trinajstić information content (AvgIpc) is 2.61. The molecule has 0 spiro atoms. The van der Waals surface area contributed by atoms with Crippen LogP contribution < -0.4 is 10.0 Å². The molecule has 1 heterocycles. The number of sulfonamides is 1. The Morgan fingerprint density at radius 3 is 2.48 bits per heavy atom. The lowest BCUT2D eigenvalue weighted by molar-refractivity contribution is 0.0950. The first-order chi connectivity index (χ1) is 11.9. The number of carbonyl (C=O) groups is 1. The Hall–Kier alpha value is -1.90. The fraction of sp³-hybridized carbons (Fsp3) is 0.294. The predicted molar refractivity (Wildman–Crippen MR) is 99.9 cm³/mol. The second kappa shape index (κ2) is 8.98. The molecule has 0 radical (unpaired) electrons. The summed E-state index contributed by atoms with van der Waals surface area (Å²) in [6, 6.07) is 10.6. The van der Waals surface area contributed by atoms with Crippen LogP contribution in [0.2, 0.25) is 0 Å². The van der Waals surface area contributed by atoms with Crippen molar-refractivity contribution in [3.63, 3.8) is 0 Å². The van der Waals surface area contributed by atoms with Gasteiger partial charge >= 0.3 is 0 Å². The van der Waals surface area contributed by atoms with E-state index in [1.165, 1.54) is 7.05 Å². The fourth-order valence-electron chi connectivity index (χ4n) is 2.11. The molecule has 0 atom stereocenters. The van der Waals surface area contributed by atoms with Crippen LogP contribution in [-0.2, 0) is 22.3 Å². The third-order valence-corrected chi connectivity index (χ3v) is 5.58. The Balaban J connectivity index is 1.94. The van der Waals surface area contributed by atoms with E-state index < -0.39 is 10.0 Å². The van der Waals surface area contributed by atoms with Gasteiger partial charge in [0.25, 0.3) is 5.91 Å². The zero-order valence-corrected chi connectivity index (χ0v) is 15.8. The topological polar surface area (TPSA) is 88.2 Å². The maximum atomic E-state index is 12.2. The molecule has 2 N–H and O–H groups in total. The van der Waals surface area contributed by atoms with Crippen LogP contribution in [0.4, 0.5) is 0 Å². The average molecular weight is 380 g/mol. The molecule has 1 aromatic carbocycles. The van der Waals surface area contributed by atoms with Crippen molar-refractivity contribution in [2.24, 2.45) is 0 Å². The zero-order valence-electron chi connectivity index (χ0n) is 14.2. The highest BCUT2D eigenvalue weighted by atomic mass is 32.2. The smallest absolute Gasteiger partial charge is 0.251 e. The van der Waals surface area contributed by atoms with Gasteiger partial charge in [-0.25, -0.2) is 18.1 Å². The van der Waals surface area contributed by atoms with E-state index in [4.69, 9.17) is 0 Å². The lowest BCUT2D eigenvalue weighted by Crippen LogP contribution is -2.23. The molecule has 0 fully saturated rings. The van der Waals surface area contributed by atoms with Crippen LogP contribution in [0.5, 0.6) is 0 Å². The number of aromatic nitrogens is 1. The van der Waals surface area contributed by atoms with E-state index in [9.17, 15) is 13.2 Å². The number of nitrogens with one attached hydrogen (secondary N) is 2. The van der Waals surface area contributed by atoms with E-state index in [2.05, 4.69) is 15.0 Å². The molecule has 0 aliphatic heterocycles. The quantitative estimate of drug-likeness (QED) is 0.686. The molecule has 0 aliphatic carbocycles. The Kier molecular flexibility index (Phi) is 6.98. The second-order valence-corrected chi connectivity index (χ2v) is 8.49. The highest BCUT2D eigenvalue weighted by molar-refractivity contribution is 7.99. The van der Waals surface area contributed by atoms with Crippen molar-refractivity contribution < 1.29 is 13.2 Å². The van der Waals surface area contributed by atoms with Crippen molar-refractivity contribution in [2.75, 3.05) is 12.8 Å². The fourth-order valence-corrected chi connectivity index (χ4v) is 3.52. The van der Waals surface area contributed by atoms with E-state index in [0.29, 0.717) is 17.7 Å². The normalized spacial score (nSPS) is 11.3. The highest BCUT2D eigenvalue weighted by Crippen LogP contribution is 2.15. The van der Waals surface area contributed by atoms with Gasteiger partial charge in [0.1, 0.15) is 0 Å². The molecule has 8 heteroatoms. The summed E-state index contributed by atoms with van der Waals surface area (Å²) >= 11 is 1.58. The van der Waals surface area contributed by atoms with Crippen molar-refractivity contribution in [3.05, 3.63) is 59.3 Å². The minimum Gasteiger partial charge on any atom is -0.348 e. The van der Waals surface area contributed by atoms with Crippen LogP contribution >= 0.6 is 11.8 Å². The number of benzene rings is 1. The Labute approximate surface area is 152 Å². The second-order valence-electron chi connectivity index (χ2n) is 5.28. The number of carbonyl (C=O) groups excluding carboxylic acids is 1. The lowest BCUT2D eigenvalue weighted by Gasteiger charge is -2.08. The van der Waals surface area contributed by atoms with E-state index >= 15 is 0 Å². The Morgan fingerprint density at radius 1 is 1.16 bits per heavy atom. The summed E-state index contributed by atoms with van der Waals surface area (Å²) in [7, 11) is -1.89. The van der Waals surface area contributed by atoms with Crippen LogP contribution in [0.15, 0.2) is 47.6 Å². The van der Waals surface area contributed by atoms with Gasteiger partial charge in [0.2, 0.25) is 10.0 Å². The third kappa shape index (κ3) is 6.15. The van der Waals surface area contributed by atoms with E-state index in [-0.39, 0.29) is 11.7 Å². The summed E-state index contributed by atoms with van der Waals surface area (Å²) in [6.45, 7) is 2.40. The first-order valence-electron chi connectivity index (χ1n) is 7.79. The number of hydrogen-bond donors (Lipinski definition) is 2. The summed E-state index contributed by atoms with van der Waals surface area (Å²) < 4.78 is 25.3. The van der Waals surface area contributed by atoms with E-state index in [1.54, 1.807) is 42.2 Å². The molecule has 0 aliphatic rings. The molecule has 25 heavy (non-hydrogen) atoms. The lowest BCUT2D eigenvalue weighted by atomic mass is 10.1. The minimum atomic E-state index is -3.28. The number of nitrogens with zero attached hydrogens (tertiary/aromatic N) is 1. The van der Waals surface area contributed by atoms with Gasteiger partial charge in [0, 0.05) is 18.3 Å². The molecule has 1 amide bonds. The molecule has 2 aromatic rings. The standard InChI is InChI=1S/C17H21N3O3S2/c1-3-24-16-10-15(8-9-19-16)17(21)20-11-13-4-6-14(7-5-13)12-25(22,23)18-2/h4-10,18H,3,11-12H2,1-2H3,(H,20,21). The first-order valence-corrected chi connectivity index (χ1v) is 10.4. The van der Waals surface area contributed by atoms with E-state index in [0.717, 1.165) is 16.3 Å². The maximum absolute atomic E-state index is 12.2. The largest absolute Gasteiger partial charge is 0.348 e. The van der Waals surface area contributed by atoms with Gasteiger partial charge in [-0.3, -0.25) is 4.79 Å². The molecule has 6 nitrogen and oxygen atoms in total. The van der Waals surface area contributed by atoms with Gasteiger partial charge in [-0.1, -0.05) is 31.2 Å². The molecule has 0 unspecified atom stereocenters. The summed E-state index contributed by atoms with van der Waals surface area (Å²) in [5, 5.41) is 3.68. The van der Waals surface area contributed by atoms with Crippen LogP contribution in [0, 0.1) is 0 Å². The number of amides is 1. The monoisotopic (exact) mass is 379 g/mol. The van der Waals surface area contributed by atoms with Gasteiger partial charge in [-0.2, -0.15) is 0 Å². The number of hydrogen-bond acceptors (Lipinski definition) is 5. The van der Waals surface area contributed by atoms with Gasteiger partial charge < -0.3 is 5.32 Å². The number of pyridine rings is 1. The number of thioether (sulfide) groups is 1. The van der Waals surface area contributed by atoms with Crippen LogP contribution in [0.25, 0.3) is 0 Å². The molecule has 0 saturated carbocycles. The summed E-state index contributed by atoms with van der Waals surface area (Å²) in [6.07, 6.45) is 1.63. The van der Waals surface area contributed by atoms with Crippen molar-refractivity contribution in [1.82, 2.24) is 15.0 Å². The molecular formula is C17H21N3O3S2. The van der Waals surface area contributed by atoms with Crippen molar-refractivity contribution in [1.29, 1.82) is 0 Å². The summed E-state index contributed by atoms with van der Waals surface area (Å²) in [4.78, 5) is 16.4. The molecule has 2 rings (SSSR count). The number of rotatable bonds is 8. The zero-order chi connectivity index (χ0) is 18.3. The Morgan fingerprint density at radius 2 is 1.84 bits per heavy atom. The van der Waals surface area contributed by atoms with Crippen molar-refractivity contribution in [3.8, 4) is 0 Å².